The number of carbonyl (C=O) groups is 2. The molecule has 96 valence electrons. The SMILES string of the molecule is O=C(NC(C(=O)O)c1ccc(Cl)cc1)C1CCC1. The molecule has 0 saturated heterocycles. The minimum Gasteiger partial charge on any atom is -0.479 e. The number of hydrogen-bond donors (Lipinski definition) is 2. The van der Waals surface area contributed by atoms with Crippen molar-refractivity contribution in [1.29, 1.82) is 0 Å². The number of carboxylic acid groups (broad SMARTS) is 1. The van der Waals surface area contributed by atoms with E-state index in [4.69, 9.17) is 16.7 Å². The monoisotopic (exact) mass is 267 g/mol. The Hall–Kier alpha value is -1.55. The van der Waals surface area contributed by atoms with Gasteiger partial charge in [0.25, 0.3) is 0 Å². The number of hydrogen-bond acceptors (Lipinski definition) is 2. The number of carboxylic acids is 1. The van der Waals surface area contributed by atoms with Crippen molar-refractivity contribution >= 4 is 23.5 Å². The van der Waals surface area contributed by atoms with Crippen molar-refractivity contribution in [3.05, 3.63) is 34.9 Å². The summed E-state index contributed by atoms with van der Waals surface area (Å²) >= 11 is 5.75. The van der Waals surface area contributed by atoms with Gasteiger partial charge in [0.15, 0.2) is 6.04 Å². The van der Waals surface area contributed by atoms with Crippen LogP contribution in [0.4, 0.5) is 0 Å². The number of carbonyl (C=O) groups excluding carboxylic acids is 1. The van der Waals surface area contributed by atoms with Gasteiger partial charge in [-0.2, -0.15) is 0 Å². The molecule has 0 aliphatic heterocycles. The van der Waals surface area contributed by atoms with E-state index in [2.05, 4.69) is 5.32 Å². The largest absolute Gasteiger partial charge is 0.479 e. The molecule has 0 aromatic heterocycles. The van der Waals surface area contributed by atoms with Crippen LogP contribution in [0.1, 0.15) is 30.9 Å². The van der Waals surface area contributed by atoms with Crippen LogP contribution < -0.4 is 5.32 Å². The molecule has 1 aromatic rings. The van der Waals surface area contributed by atoms with Crippen LogP contribution in [0.2, 0.25) is 5.02 Å². The molecular weight excluding hydrogens is 254 g/mol. The van der Waals surface area contributed by atoms with Gasteiger partial charge in [-0.25, -0.2) is 4.79 Å². The minimum atomic E-state index is -1.06. The van der Waals surface area contributed by atoms with Gasteiger partial charge in [-0.15, -0.1) is 0 Å². The van der Waals surface area contributed by atoms with Crippen molar-refractivity contribution in [1.82, 2.24) is 5.32 Å². The van der Waals surface area contributed by atoms with Gasteiger partial charge in [0, 0.05) is 10.9 Å². The zero-order valence-corrected chi connectivity index (χ0v) is 10.5. The summed E-state index contributed by atoms with van der Waals surface area (Å²) in [7, 11) is 0. The summed E-state index contributed by atoms with van der Waals surface area (Å²) in [4.78, 5) is 23.0. The second-order valence-corrected chi connectivity index (χ2v) is 4.90. The first-order valence-electron chi connectivity index (χ1n) is 5.86. The van der Waals surface area contributed by atoms with Crippen LogP contribution in [0, 0.1) is 5.92 Å². The van der Waals surface area contributed by atoms with Crippen LogP contribution in [-0.2, 0) is 9.59 Å². The zero-order chi connectivity index (χ0) is 13.1. The smallest absolute Gasteiger partial charge is 0.330 e. The predicted octanol–water partition coefficient (Wildman–Crippen LogP) is 2.38. The number of aliphatic carboxylic acids is 1. The van der Waals surface area contributed by atoms with Gasteiger partial charge in [-0.3, -0.25) is 4.79 Å². The first-order valence-corrected chi connectivity index (χ1v) is 6.24. The normalized spacial score (nSPS) is 16.7. The molecule has 1 unspecified atom stereocenters. The maximum absolute atomic E-state index is 11.8. The molecule has 2 rings (SSSR count). The third-order valence-corrected chi connectivity index (χ3v) is 3.46. The Kier molecular flexibility index (Phi) is 3.87. The van der Waals surface area contributed by atoms with E-state index in [0.29, 0.717) is 10.6 Å². The fraction of sp³-hybridized carbons (Fsp3) is 0.385. The standard InChI is InChI=1S/C13H14ClNO3/c14-10-6-4-8(5-7-10)11(13(17)18)15-12(16)9-2-1-3-9/h4-7,9,11H,1-3H2,(H,15,16)(H,17,18). The predicted molar refractivity (Wildman–Crippen MR) is 67.3 cm³/mol. The molecule has 2 N–H and O–H groups in total. The third kappa shape index (κ3) is 2.82. The van der Waals surface area contributed by atoms with E-state index in [1.54, 1.807) is 24.3 Å². The lowest BCUT2D eigenvalue weighted by Crippen LogP contribution is -2.39. The highest BCUT2D eigenvalue weighted by Crippen LogP contribution is 2.27. The average Bonchev–Trinajstić information content (AvgIpc) is 2.24. The average molecular weight is 268 g/mol. The van der Waals surface area contributed by atoms with Gasteiger partial charge >= 0.3 is 5.97 Å². The molecule has 0 radical (unpaired) electrons. The second kappa shape index (κ2) is 5.40. The Balaban J connectivity index is 2.10. The van der Waals surface area contributed by atoms with Crippen LogP contribution in [0.25, 0.3) is 0 Å². The lowest BCUT2D eigenvalue weighted by molar-refractivity contribution is -0.143. The summed E-state index contributed by atoms with van der Waals surface area (Å²) in [5, 5.41) is 12.3. The van der Waals surface area contributed by atoms with Gasteiger partial charge in [0.2, 0.25) is 5.91 Å². The molecule has 1 saturated carbocycles. The van der Waals surface area contributed by atoms with E-state index in [9.17, 15) is 9.59 Å². The maximum Gasteiger partial charge on any atom is 0.330 e. The summed E-state index contributed by atoms with van der Waals surface area (Å²) in [5.74, 6) is -1.27. The van der Waals surface area contributed by atoms with Crippen molar-refractivity contribution in [2.24, 2.45) is 5.92 Å². The number of halogens is 1. The van der Waals surface area contributed by atoms with Crippen molar-refractivity contribution in [3.8, 4) is 0 Å². The molecule has 1 amide bonds. The fourth-order valence-electron chi connectivity index (χ4n) is 1.87. The molecule has 4 nitrogen and oxygen atoms in total. The van der Waals surface area contributed by atoms with Gasteiger partial charge in [0.05, 0.1) is 0 Å². The molecule has 18 heavy (non-hydrogen) atoms. The van der Waals surface area contributed by atoms with Crippen LogP contribution in [0.3, 0.4) is 0 Å². The molecule has 1 aliphatic carbocycles. The summed E-state index contributed by atoms with van der Waals surface area (Å²) in [6.07, 6.45) is 2.73. The van der Waals surface area contributed by atoms with Gasteiger partial charge < -0.3 is 10.4 Å². The fourth-order valence-corrected chi connectivity index (χ4v) is 2.00. The molecule has 5 heteroatoms. The van der Waals surface area contributed by atoms with Crippen molar-refractivity contribution in [3.63, 3.8) is 0 Å². The lowest BCUT2D eigenvalue weighted by atomic mass is 9.84. The third-order valence-electron chi connectivity index (χ3n) is 3.21. The maximum atomic E-state index is 11.8. The summed E-state index contributed by atoms with van der Waals surface area (Å²) in [6.45, 7) is 0. The van der Waals surface area contributed by atoms with E-state index < -0.39 is 12.0 Å². The first kappa shape index (κ1) is 12.9. The van der Waals surface area contributed by atoms with Gasteiger partial charge in [-0.05, 0) is 30.5 Å². The van der Waals surface area contributed by atoms with Gasteiger partial charge in [-0.1, -0.05) is 30.2 Å². The molecule has 1 fully saturated rings. The quantitative estimate of drug-likeness (QED) is 0.880. The minimum absolute atomic E-state index is 0.0286. The summed E-state index contributed by atoms with van der Waals surface area (Å²) in [5.41, 5.74) is 0.527. The highest BCUT2D eigenvalue weighted by Gasteiger charge is 2.29. The van der Waals surface area contributed by atoms with Crippen molar-refractivity contribution < 1.29 is 14.7 Å². The van der Waals surface area contributed by atoms with E-state index in [-0.39, 0.29) is 11.8 Å². The summed E-state index contributed by atoms with van der Waals surface area (Å²) in [6, 6.07) is 5.45. The molecule has 1 atom stereocenters. The number of nitrogens with one attached hydrogen (secondary N) is 1. The van der Waals surface area contributed by atoms with E-state index in [0.717, 1.165) is 19.3 Å². The molecule has 1 aliphatic rings. The molecule has 0 heterocycles. The molecular formula is C13H14ClNO3. The Morgan fingerprint density at radius 1 is 1.28 bits per heavy atom. The molecule has 0 bridgehead atoms. The van der Waals surface area contributed by atoms with E-state index >= 15 is 0 Å². The Bertz CT molecular complexity index is 454. The van der Waals surface area contributed by atoms with Crippen LogP contribution in [0.15, 0.2) is 24.3 Å². The van der Waals surface area contributed by atoms with Crippen LogP contribution >= 0.6 is 11.6 Å². The van der Waals surface area contributed by atoms with Crippen molar-refractivity contribution in [2.45, 2.75) is 25.3 Å². The lowest BCUT2D eigenvalue weighted by Gasteiger charge is -2.26. The number of rotatable bonds is 4. The topological polar surface area (TPSA) is 66.4 Å². The van der Waals surface area contributed by atoms with Gasteiger partial charge in [0.1, 0.15) is 0 Å². The number of benzene rings is 1. The first-order chi connectivity index (χ1) is 8.58. The number of amides is 1. The molecule has 1 aromatic carbocycles. The van der Waals surface area contributed by atoms with E-state index in [1.165, 1.54) is 0 Å². The Morgan fingerprint density at radius 2 is 1.89 bits per heavy atom. The zero-order valence-electron chi connectivity index (χ0n) is 9.73. The molecule has 0 spiro atoms. The van der Waals surface area contributed by atoms with E-state index in [1.807, 2.05) is 0 Å². The summed E-state index contributed by atoms with van der Waals surface area (Å²) < 4.78 is 0. The second-order valence-electron chi connectivity index (χ2n) is 4.46. The highest BCUT2D eigenvalue weighted by molar-refractivity contribution is 6.30. The van der Waals surface area contributed by atoms with Crippen LogP contribution in [-0.4, -0.2) is 17.0 Å². The van der Waals surface area contributed by atoms with Crippen molar-refractivity contribution in [2.75, 3.05) is 0 Å². The van der Waals surface area contributed by atoms with Crippen LogP contribution in [0.5, 0.6) is 0 Å². The Morgan fingerprint density at radius 3 is 2.33 bits per heavy atom. The Labute approximate surface area is 110 Å². The highest BCUT2D eigenvalue weighted by atomic mass is 35.5.